The van der Waals surface area contributed by atoms with Gasteiger partial charge in [0.2, 0.25) is 5.76 Å². The molecule has 0 aromatic carbocycles. The number of furan rings is 1. The van der Waals surface area contributed by atoms with Crippen molar-refractivity contribution in [3.05, 3.63) is 23.7 Å². The number of rotatable bonds is 3. The first kappa shape index (κ1) is 9.40. The van der Waals surface area contributed by atoms with Gasteiger partial charge in [0.15, 0.2) is 0 Å². The van der Waals surface area contributed by atoms with Crippen molar-refractivity contribution in [2.45, 2.75) is 12.8 Å². The van der Waals surface area contributed by atoms with Gasteiger partial charge in [0.25, 0.3) is 0 Å². The summed E-state index contributed by atoms with van der Waals surface area (Å²) in [5.74, 6) is 2.95. The number of aryl methyl sites for hydroxylation is 1. The van der Waals surface area contributed by atoms with Crippen LogP contribution < -0.4 is 0 Å². The molecule has 1 heterocycles. The highest BCUT2D eigenvalue weighted by Gasteiger charge is 2.09. The Morgan fingerprint density at radius 3 is 3.08 bits per heavy atom. The quantitative estimate of drug-likeness (QED) is 0.521. The lowest BCUT2D eigenvalue weighted by molar-refractivity contribution is 0.0563. The molecule has 0 radical (unpaired) electrons. The minimum Gasteiger partial charge on any atom is -0.463 e. The smallest absolute Gasteiger partial charge is 0.373 e. The molecular formula is C10H10O3. The van der Waals surface area contributed by atoms with E-state index in [0.717, 1.165) is 0 Å². The SMILES string of the molecule is C#CCCc1ccc(C(=O)OC)o1. The van der Waals surface area contributed by atoms with Crippen LogP contribution in [0.5, 0.6) is 0 Å². The molecule has 0 saturated carbocycles. The zero-order chi connectivity index (χ0) is 9.68. The Labute approximate surface area is 76.7 Å². The van der Waals surface area contributed by atoms with E-state index in [1.807, 2.05) is 0 Å². The Morgan fingerprint density at radius 1 is 1.69 bits per heavy atom. The van der Waals surface area contributed by atoms with Gasteiger partial charge in [-0.05, 0) is 12.1 Å². The van der Waals surface area contributed by atoms with E-state index in [1.54, 1.807) is 12.1 Å². The zero-order valence-corrected chi connectivity index (χ0v) is 7.37. The molecule has 3 heteroatoms. The van der Waals surface area contributed by atoms with Crippen LogP contribution in [0.4, 0.5) is 0 Å². The lowest BCUT2D eigenvalue weighted by atomic mass is 10.2. The fourth-order valence-corrected chi connectivity index (χ4v) is 0.918. The summed E-state index contributed by atoms with van der Waals surface area (Å²) in [5.41, 5.74) is 0. The summed E-state index contributed by atoms with van der Waals surface area (Å²) in [6.07, 6.45) is 6.34. The monoisotopic (exact) mass is 178 g/mol. The number of methoxy groups -OCH3 is 1. The summed E-state index contributed by atoms with van der Waals surface area (Å²) in [4.78, 5) is 10.9. The summed E-state index contributed by atoms with van der Waals surface area (Å²) in [6.45, 7) is 0. The molecule has 0 aliphatic carbocycles. The van der Waals surface area contributed by atoms with Crippen LogP contribution in [0.15, 0.2) is 16.5 Å². The predicted octanol–water partition coefficient (Wildman–Crippen LogP) is 1.63. The van der Waals surface area contributed by atoms with Crippen LogP contribution in [0.2, 0.25) is 0 Å². The van der Waals surface area contributed by atoms with Gasteiger partial charge in [0.1, 0.15) is 5.76 Å². The molecule has 0 amide bonds. The molecule has 0 unspecified atom stereocenters. The molecule has 0 saturated heterocycles. The topological polar surface area (TPSA) is 39.4 Å². The predicted molar refractivity (Wildman–Crippen MR) is 47.2 cm³/mol. The molecule has 3 nitrogen and oxygen atoms in total. The van der Waals surface area contributed by atoms with Crippen LogP contribution in [-0.2, 0) is 11.2 Å². The van der Waals surface area contributed by atoms with Crippen molar-refractivity contribution in [1.29, 1.82) is 0 Å². The maximum absolute atomic E-state index is 10.9. The first-order chi connectivity index (χ1) is 6.27. The second kappa shape index (κ2) is 4.36. The third kappa shape index (κ3) is 2.38. The van der Waals surface area contributed by atoms with Crippen LogP contribution >= 0.6 is 0 Å². The van der Waals surface area contributed by atoms with Gasteiger partial charge in [0, 0.05) is 12.8 Å². The van der Waals surface area contributed by atoms with Gasteiger partial charge >= 0.3 is 5.97 Å². The highest BCUT2D eigenvalue weighted by Crippen LogP contribution is 2.10. The number of hydrogen-bond acceptors (Lipinski definition) is 3. The molecule has 1 aromatic heterocycles. The molecule has 1 aromatic rings. The Hall–Kier alpha value is -1.69. The largest absolute Gasteiger partial charge is 0.463 e. The first-order valence-corrected chi connectivity index (χ1v) is 3.88. The van der Waals surface area contributed by atoms with E-state index in [0.29, 0.717) is 18.6 Å². The molecule has 1 rings (SSSR count). The maximum atomic E-state index is 10.9. The van der Waals surface area contributed by atoms with E-state index in [2.05, 4.69) is 10.7 Å². The van der Waals surface area contributed by atoms with E-state index < -0.39 is 5.97 Å². The van der Waals surface area contributed by atoms with Gasteiger partial charge in [-0.1, -0.05) is 0 Å². The van der Waals surface area contributed by atoms with Gasteiger partial charge < -0.3 is 9.15 Å². The van der Waals surface area contributed by atoms with Crippen LogP contribution in [0.3, 0.4) is 0 Å². The van der Waals surface area contributed by atoms with E-state index in [4.69, 9.17) is 10.8 Å². The minimum atomic E-state index is -0.466. The van der Waals surface area contributed by atoms with E-state index in [1.165, 1.54) is 7.11 Å². The molecule has 68 valence electrons. The van der Waals surface area contributed by atoms with E-state index in [-0.39, 0.29) is 5.76 Å². The highest BCUT2D eigenvalue weighted by atomic mass is 16.5. The fourth-order valence-electron chi connectivity index (χ4n) is 0.918. The molecule has 0 aliphatic heterocycles. The van der Waals surface area contributed by atoms with E-state index in [9.17, 15) is 4.79 Å². The van der Waals surface area contributed by atoms with E-state index >= 15 is 0 Å². The van der Waals surface area contributed by atoms with Crippen molar-refractivity contribution in [3.8, 4) is 12.3 Å². The molecular weight excluding hydrogens is 168 g/mol. The van der Waals surface area contributed by atoms with Crippen molar-refractivity contribution in [1.82, 2.24) is 0 Å². The molecule has 0 atom stereocenters. The summed E-state index contributed by atoms with van der Waals surface area (Å²) in [7, 11) is 1.31. The Balaban J connectivity index is 2.64. The molecule has 13 heavy (non-hydrogen) atoms. The highest BCUT2D eigenvalue weighted by molar-refractivity contribution is 5.86. The zero-order valence-electron chi connectivity index (χ0n) is 7.37. The lowest BCUT2D eigenvalue weighted by Gasteiger charge is -1.93. The van der Waals surface area contributed by atoms with Crippen LogP contribution in [0.25, 0.3) is 0 Å². The van der Waals surface area contributed by atoms with Gasteiger partial charge in [-0.2, -0.15) is 0 Å². The Kier molecular flexibility index (Phi) is 3.15. The Morgan fingerprint density at radius 2 is 2.46 bits per heavy atom. The molecule has 0 N–H and O–H groups in total. The molecule has 0 bridgehead atoms. The van der Waals surface area contributed by atoms with Crippen molar-refractivity contribution >= 4 is 5.97 Å². The van der Waals surface area contributed by atoms with Crippen molar-refractivity contribution in [2.75, 3.05) is 7.11 Å². The Bertz CT molecular complexity index is 330. The fraction of sp³-hybridized carbons (Fsp3) is 0.300. The second-order valence-corrected chi connectivity index (χ2v) is 2.46. The van der Waals surface area contributed by atoms with Crippen LogP contribution in [0.1, 0.15) is 22.7 Å². The number of carbonyl (C=O) groups is 1. The lowest BCUT2D eigenvalue weighted by Crippen LogP contribution is -1.98. The maximum Gasteiger partial charge on any atom is 0.373 e. The third-order valence-corrected chi connectivity index (χ3v) is 1.56. The number of esters is 1. The first-order valence-electron chi connectivity index (χ1n) is 3.88. The number of ether oxygens (including phenoxy) is 1. The van der Waals surface area contributed by atoms with Crippen molar-refractivity contribution in [2.24, 2.45) is 0 Å². The average Bonchev–Trinajstić information content (AvgIpc) is 2.62. The normalized spacial score (nSPS) is 9.23. The van der Waals surface area contributed by atoms with Gasteiger partial charge in [-0.15, -0.1) is 12.3 Å². The second-order valence-electron chi connectivity index (χ2n) is 2.46. The molecule has 0 fully saturated rings. The van der Waals surface area contributed by atoms with Gasteiger partial charge in [-0.3, -0.25) is 0 Å². The standard InChI is InChI=1S/C10H10O3/c1-3-4-5-8-6-7-9(13-8)10(11)12-2/h1,6-7H,4-5H2,2H3. The summed E-state index contributed by atoms with van der Waals surface area (Å²) >= 11 is 0. The van der Waals surface area contributed by atoms with Gasteiger partial charge in [-0.25, -0.2) is 4.79 Å². The number of hydrogen-bond donors (Lipinski definition) is 0. The van der Waals surface area contributed by atoms with Crippen molar-refractivity contribution in [3.63, 3.8) is 0 Å². The van der Waals surface area contributed by atoms with Crippen LogP contribution in [-0.4, -0.2) is 13.1 Å². The minimum absolute atomic E-state index is 0.217. The van der Waals surface area contributed by atoms with Gasteiger partial charge in [0.05, 0.1) is 7.11 Å². The molecule has 0 aliphatic rings. The van der Waals surface area contributed by atoms with Crippen LogP contribution in [0, 0.1) is 12.3 Å². The van der Waals surface area contributed by atoms with Crippen molar-refractivity contribution < 1.29 is 13.9 Å². The summed E-state index contributed by atoms with van der Waals surface area (Å²) in [6, 6.07) is 3.31. The third-order valence-electron chi connectivity index (χ3n) is 1.56. The average molecular weight is 178 g/mol. The number of terminal acetylenes is 1. The summed E-state index contributed by atoms with van der Waals surface area (Å²) < 4.78 is 9.65. The number of carbonyl (C=O) groups excluding carboxylic acids is 1. The summed E-state index contributed by atoms with van der Waals surface area (Å²) in [5, 5.41) is 0. The molecule has 0 spiro atoms.